The van der Waals surface area contributed by atoms with Gasteiger partial charge in [0.25, 0.3) is 0 Å². The summed E-state index contributed by atoms with van der Waals surface area (Å²) in [5, 5.41) is 1.61. The average Bonchev–Trinajstić information content (AvgIpc) is 2.86. The first-order valence-electron chi connectivity index (χ1n) is 11.0. The van der Waals surface area contributed by atoms with E-state index >= 15 is 0 Å². The standard InChI is InChI=1S/C29H22ClFN2/c1-2-25-28(19-7-4-3-5-8-19)29(30)24-17-21(12-15-26(24)33-25)27(22-9-6-16-32-18-22)20-10-13-23(31)14-11-20/h3-18,27H,2H2,1H3. The van der Waals surface area contributed by atoms with Crippen LogP contribution in [0.15, 0.2) is 97.3 Å². The van der Waals surface area contributed by atoms with Gasteiger partial charge in [0, 0.05) is 29.3 Å². The van der Waals surface area contributed by atoms with E-state index in [4.69, 9.17) is 16.6 Å². The van der Waals surface area contributed by atoms with E-state index in [0.717, 1.165) is 50.8 Å². The highest BCUT2D eigenvalue weighted by atomic mass is 35.5. The number of pyridine rings is 2. The summed E-state index contributed by atoms with van der Waals surface area (Å²) in [6.07, 6.45) is 4.40. The number of benzene rings is 3. The lowest BCUT2D eigenvalue weighted by molar-refractivity contribution is 0.627. The summed E-state index contributed by atoms with van der Waals surface area (Å²) >= 11 is 7.05. The van der Waals surface area contributed by atoms with Crippen LogP contribution in [0.3, 0.4) is 0 Å². The number of halogens is 2. The number of rotatable bonds is 5. The van der Waals surface area contributed by atoms with Crippen LogP contribution in [0.4, 0.5) is 4.39 Å². The molecule has 2 nitrogen and oxygen atoms in total. The summed E-state index contributed by atoms with van der Waals surface area (Å²) in [5.41, 5.74) is 6.94. The molecule has 0 amide bonds. The van der Waals surface area contributed by atoms with E-state index in [0.29, 0.717) is 5.02 Å². The van der Waals surface area contributed by atoms with Gasteiger partial charge in [-0.2, -0.15) is 0 Å². The van der Waals surface area contributed by atoms with Crippen molar-refractivity contribution in [3.05, 3.63) is 131 Å². The van der Waals surface area contributed by atoms with Crippen molar-refractivity contribution in [2.45, 2.75) is 19.3 Å². The van der Waals surface area contributed by atoms with E-state index in [9.17, 15) is 4.39 Å². The minimum atomic E-state index is -0.256. The Hall–Kier alpha value is -3.56. The molecule has 0 aliphatic rings. The molecule has 1 unspecified atom stereocenters. The van der Waals surface area contributed by atoms with Crippen LogP contribution in [0.5, 0.6) is 0 Å². The summed E-state index contributed by atoms with van der Waals surface area (Å²) in [7, 11) is 0. The molecule has 1 atom stereocenters. The maximum atomic E-state index is 13.7. The van der Waals surface area contributed by atoms with Gasteiger partial charge in [-0.05, 0) is 59.0 Å². The fourth-order valence-electron chi connectivity index (χ4n) is 4.40. The fraction of sp³-hybridized carbons (Fsp3) is 0.103. The molecule has 0 aliphatic carbocycles. The van der Waals surface area contributed by atoms with E-state index in [1.165, 1.54) is 12.1 Å². The molecule has 33 heavy (non-hydrogen) atoms. The summed E-state index contributed by atoms with van der Waals surface area (Å²) in [4.78, 5) is 9.26. The smallest absolute Gasteiger partial charge is 0.123 e. The first kappa shape index (κ1) is 21.3. The van der Waals surface area contributed by atoms with Crippen LogP contribution in [0.1, 0.15) is 35.2 Å². The Morgan fingerprint density at radius 1 is 0.848 bits per heavy atom. The fourth-order valence-corrected chi connectivity index (χ4v) is 4.77. The second-order valence-corrected chi connectivity index (χ2v) is 8.39. The van der Waals surface area contributed by atoms with Gasteiger partial charge in [0.05, 0.1) is 16.2 Å². The lowest BCUT2D eigenvalue weighted by atomic mass is 9.85. The minimum absolute atomic E-state index is 0.106. The zero-order valence-electron chi connectivity index (χ0n) is 18.2. The molecule has 0 N–H and O–H groups in total. The van der Waals surface area contributed by atoms with Gasteiger partial charge < -0.3 is 0 Å². The van der Waals surface area contributed by atoms with E-state index < -0.39 is 0 Å². The van der Waals surface area contributed by atoms with Crippen LogP contribution >= 0.6 is 11.6 Å². The molecular formula is C29H22ClFN2. The Kier molecular flexibility index (Phi) is 5.89. The Bertz CT molecular complexity index is 1400. The minimum Gasteiger partial charge on any atom is -0.264 e. The van der Waals surface area contributed by atoms with Gasteiger partial charge >= 0.3 is 0 Å². The Morgan fingerprint density at radius 3 is 2.30 bits per heavy atom. The van der Waals surface area contributed by atoms with Crippen molar-refractivity contribution >= 4 is 22.5 Å². The molecule has 4 heteroatoms. The molecule has 0 saturated carbocycles. The quantitative estimate of drug-likeness (QED) is 0.271. The van der Waals surface area contributed by atoms with Crippen LogP contribution in [0.2, 0.25) is 5.02 Å². The van der Waals surface area contributed by atoms with Gasteiger partial charge in [-0.1, -0.05) is 73.1 Å². The van der Waals surface area contributed by atoms with Crippen LogP contribution in [0, 0.1) is 5.82 Å². The number of aryl methyl sites for hydroxylation is 1. The predicted molar refractivity (Wildman–Crippen MR) is 133 cm³/mol. The van der Waals surface area contributed by atoms with E-state index in [2.05, 4.69) is 36.2 Å². The maximum Gasteiger partial charge on any atom is 0.123 e. The normalized spacial score (nSPS) is 12.1. The number of fused-ring (bicyclic) bond motifs is 1. The number of hydrogen-bond acceptors (Lipinski definition) is 2. The third-order valence-electron chi connectivity index (χ3n) is 5.97. The molecule has 0 spiro atoms. The first-order valence-corrected chi connectivity index (χ1v) is 11.4. The topological polar surface area (TPSA) is 25.8 Å². The van der Waals surface area contributed by atoms with Crippen LogP contribution in [0.25, 0.3) is 22.0 Å². The molecule has 0 radical (unpaired) electrons. The number of hydrogen-bond donors (Lipinski definition) is 0. The van der Waals surface area contributed by atoms with Gasteiger partial charge in [-0.25, -0.2) is 4.39 Å². The zero-order chi connectivity index (χ0) is 22.8. The van der Waals surface area contributed by atoms with E-state index in [1.54, 1.807) is 6.20 Å². The zero-order valence-corrected chi connectivity index (χ0v) is 18.9. The Balaban J connectivity index is 1.73. The monoisotopic (exact) mass is 452 g/mol. The highest BCUT2D eigenvalue weighted by Crippen LogP contribution is 2.39. The van der Waals surface area contributed by atoms with E-state index in [-0.39, 0.29) is 11.7 Å². The van der Waals surface area contributed by atoms with Crippen molar-refractivity contribution in [3.63, 3.8) is 0 Å². The van der Waals surface area contributed by atoms with E-state index in [1.807, 2.05) is 54.7 Å². The molecule has 0 bridgehead atoms. The molecule has 3 aromatic carbocycles. The van der Waals surface area contributed by atoms with Crippen molar-refractivity contribution in [2.75, 3.05) is 0 Å². The molecule has 5 rings (SSSR count). The van der Waals surface area contributed by atoms with Gasteiger partial charge in [0.1, 0.15) is 5.82 Å². The second-order valence-electron chi connectivity index (χ2n) is 8.01. The molecule has 2 heterocycles. The van der Waals surface area contributed by atoms with Crippen molar-refractivity contribution in [3.8, 4) is 11.1 Å². The molecule has 0 aliphatic heterocycles. The molecule has 0 saturated heterocycles. The van der Waals surface area contributed by atoms with Gasteiger partial charge in [0.2, 0.25) is 0 Å². The van der Waals surface area contributed by atoms with Gasteiger partial charge in [0.15, 0.2) is 0 Å². The summed E-state index contributed by atoms with van der Waals surface area (Å²) in [5.74, 6) is -0.361. The highest BCUT2D eigenvalue weighted by molar-refractivity contribution is 6.38. The van der Waals surface area contributed by atoms with Gasteiger partial charge in [-0.3, -0.25) is 9.97 Å². The molecule has 162 valence electrons. The maximum absolute atomic E-state index is 13.7. The van der Waals surface area contributed by atoms with Crippen molar-refractivity contribution in [1.29, 1.82) is 0 Å². The SMILES string of the molecule is CCc1nc2ccc(C(c3ccc(F)cc3)c3cccnc3)cc2c(Cl)c1-c1ccccc1. The largest absolute Gasteiger partial charge is 0.264 e. The first-order chi connectivity index (χ1) is 16.2. The number of nitrogens with zero attached hydrogens (tertiary/aromatic N) is 2. The second kappa shape index (κ2) is 9.13. The third kappa shape index (κ3) is 4.12. The lowest BCUT2D eigenvalue weighted by Crippen LogP contribution is -2.05. The average molecular weight is 453 g/mol. The summed E-state index contributed by atoms with van der Waals surface area (Å²) < 4.78 is 13.7. The Morgan fingerprint density at radius 2 is 1.61 bits per heavy atom. The van der Waals surface area contributed by atoms with Crippen LogP contribution < -0.4 is 0 Å². The lowest BCUT2D eigenvalue weighted by Gasteiger charge is -2.20. The van der Waals surface area contributed by atoms with Crippen molar-refractivity contribution in [2.24, 2.45) is 0 Å². The van der Waals surface area contributed by atoms with Crippen LogP contribution in [-0.4, -0.2) is 9.97 Å². The summed E-state index contributed by atoms with van der Waals surface area (Å²) in [6, 6.07) is 27.0. The highest BCUT2D eigenvalue weighted by Gasteiger charge is 2.20. The Labute approximate surface area is 197 Å². The van der Waals surface area contributed by atoms with Crippen molar-refractivity contribution < 1.29 is 4.39 Å². The van der Waals surface area contributed by atoms with Crippen LogP contribution in [-0.2, 0) is 6.42 Å². The third-order valence-corrected chi connectivity index (χ3v) is 6.36. The molecule has 5 aromatic rings. The van der Waals surface area contributed by atoms with Gasteiger partial charge in [-0.15, -0.1) is 0 Å². The molecule has 0 fully saturated rings. The van der Waals surface area contributed by atoms with Crippen molar-refractivity contribution in [1.82, 2.24) is 9.97 Å². The number of aromatic nitrogens is 2. The molecular weight excluding hydrogens is 431 g/mol. The molecule has 2 aromatic heterocycles. The summed E-state index contributed by atoms with van der Waals surface area (Å²) in [6.45, 7) is 2.10. The predicted octanol–water partition coefficient (Wildman–Crippen LogP) is 7.83.